The van der Waals surface area contributed by atoms with E-state index >= 15 is 0 Å². The van der Waals surface area contributed by atoms with Gasteiger partial charge in [0, 0.05) is 11.7 Å². The van der Waals surface area contributed by atoms with Crippen LogP contribution in [-0.4, -0.2) is 25.5 Å². The highest BCUT2D eigenvalue weighted by Crippen LogP contribution is 2.28. The first-order valence-electron chi connectivity index (χ1n) is 6.96. The summed E-state index contributed by atoms with van der Waals surface area (Å²) in [5.74, 6) is -1.00. The van der Waals surface area contributed by atoms with Crippen molar-refractivity contribution in [3.8, 4) is 0 Å². The number of nitrogen functional groups attached to an aromatic ring is 1. The molecule has 116 valence electrons. The third-order valence-corrected chi connectivity index (χ3v) is 5.59. The van der Waals surface area contributed by atoms with Gasteiger partial charge in [0.25, 0.3) is 0 Å². The van der Waals surface area contributed by atoms with Gasteiger partial charge < -0.3 is 10.8 Å². The molecule has 1 saturated carbocycles. The monoisotopic (exact) mass is 312 g/mol. The number of rotatable bonds is 5. The number of nitrogens with one attached hydrogen (secondary N) is 1. The lowest BCUT2D eigenvalue weighted by Gasteiger charge is -2.20. The Hall–Kier alpha value is -1.60. The standard InChI is InChI=1S/C14H20N2O4S/c1-9(10-4-2-3-5-10)16-21(19,20)13-7-6-11(15)8-12(13)14(17)18/h6-10,16H,2-5,15H2,1H3,(H,17,18). The molecule has 0 heterocycles. The van der Waals surface area contributed by atoms with Gasteiger partial charge in [-0.25, -0.2) is 17.9 Å². The smallest absolute Gasteiger partial charge is 0.337 e. The molecule has 4 N–H and O–H groups in total. The molecule has 1 aromatic rings. The van der Waals surface area contributed by atoms with E-state index in [0.29, 0.717) is 5.92 Å². The molecule has 7 heteroatoms. The third kappa shape index (κ3) is 3.54. The number of carboxylic acids is 1. The van der Waals surface area contributed by atoms with Crippen LogP contribution in [0.1, 0.15) is 43.0 Å². The molecule has 1 atom stereocenters. The lowest BCUT2D eigenvalue weighted by atomic mass is 10.0. The van der Waals surface area contributed by atoms with E-state index in [4.69, 9.17) is 10.8 Å². The Kier molecular flexibility index (Phi) is 4.53. The molecule has 0 spiro atoms. The summed E-state index contributed by atoms with van der Waals surface area (Å²) in [4.78, 5) is 11.0. The van der Waals surface area contributed by atoms with Crippen molar-refractivity contribution < 1.29 is 18.3 Å². The van der Waals surface area contributed by atoms with Gasteiger partial charge in [-0.05, 0) is 43.9 Å². The molecule has 21 heavy (non-hydrogen) atoms. The maximum Gasteiger partial charge on any atom is 0.337 e. The van der Waals surface area contributed by atoms with Crippen LogP contribution >= 0.6 is 0 Å². The van der Waals surface area contributed by atoms with Crippen LogP contribution in [0, 0.1) is 5.92 Å². The van der Waals surface area contributed by atoms with E-state index < -0.39 is 16.0 Å². The van der Waals surface area contributed by atoms with Gasteiger partial charge in [0.2, 0.25) is 10.0 Å². The molecule has 2 rings (SSSR count). The summed E-state index contributed by atoms with van der Waals surface area (Å²) in [6, 6.07) is 3.58. The number of carbonyl (C=O) groups is 1. The molecule has 0 aliphatic heterocycles. The van der Waals surface area contributed by atoms with Gasteiger partial charge >= 0.3 is 5.97 Å². The molecule has 0 bridgehead atoms. The van der Waals surface area contributed by atoms with E-state index in [-0.39, 0.29) is 22.2 Å². The topological polar surface area (TPSA) is 109 Å². The Bertz CT molecular complexity index is 636. The van der Waals surface area contributed by atoms with Crippen molar-refractivity contribution in [2.75, 3.05) is 5.73 Å². The van der Waals surface area contributed by atoms with Gasteiger partial charge in [-0.3, -0.25) is 0 Å². The van der Waals surface area contributed by atoms with Crippen LogP contribution in [0.4, 0.5) is 5.69 Å². The summed E-state index contributed by atoms with van der Waals surface area (Å²) in [5.41, 5.74) is 5.44. The molecule has 0 radical (unpaired) electrons. The number of sulfonamides is 1. The molecule has 0 saturated heterocycles. The zero-order valence-corrected chi connectivity index (χ0v) is 12.7. The second kappa shape index (κ2) is 6.03. The van der Waals surface area contributed by atoms with Gasteiger partial charge in [-0.2, -0.15) is 0 Å². The summed E-state index contributed by atoms with van der Waals surface area (Å²) in [7, 11) is -3.88. The van der Waals surface area contributed by atoms with Crippen LogP contribution in [0.2, 0.25) is 0 Å². The normalized spacial score (nSPS) is 17.8. The lowest BCUT2D eigenvalue weighted by molar-refractivity contribution is 0.0692. The van der Waals surface area contributed by atoms with Gasteiger partial charge in [0.05, 0.1) is 10.5 Å². The number of benzene rings is 1. The van der Waals surface area contributed by atoms with Crippen LogP contribution in [0.3, 0.4) is 0 Å². The number of hydrogen-bond donors (Lipinski definition) is 3. The average Bonchev–Trinajstić information content (AvgIpc) is 2.91. The quantitative estimate of drug-likeness (QED) is 0.718. The summed E-state index contributed by atoms with van der Waals surface area (Å²) < 4.78 is 27.4. The van der Waals surface area contributed by atoms with Crippen molar-refractivity contribution in [1.29, 1.82) is 0 Å². The fourth-order valence-electron chi connectivity index (χ4n) is 2.81. The molecular weight excluding hydrogens is 292 g/mol. The predicted octanol–water partition coefficient (Wildman–Crippen LogP) is 1.82. The fourth-order valence-corrected chi connectivity index (χ4v) is 4.30. The number of anilines is 1. The Morgan fingerprint density at radius 2 is 2.00 bits per heavy atom. The van der Waals surface area contributed by atoms with Gasteiger partial charge in [-0.1, -0.05) is 12.8 Å². The van der Waals surface area contributed by atoms with Crippen LogP contribution in [0.5, 0.6) is 0 Å². The first-order valence-corrected chi connectivity index (χ1v) is 8.45. The summed E-state index contributed by atoms with van der Waals surface area (Å²) in [6.45, 7) is 1.82. The summed E-state index contributed by atoms with van der Waals surface area (Å²) in [5, 5.41) is 9.15. The number of hydrogen-bond acceptors (Lipinski definition) is 4. The van der Waals surface area contributed by atoms with Crippen LogP contribution < -0.4 is 10.5 Å². The number of nitrogens with two attached hydrogens (primary N) is 1. The minimum Gasteiger partial charge on any atom is -0.478 e. The van der Waals surface area contributed by atoms with Crippen molar-refractivity contribution in [2.45, 2.75) is 43.5 Å². The van der Waals surface area contributed by atoms with E-state index in [1.54, 1.807) is 0 Å². The van der Waals surface area contributed by atoms with E-state index in [9.17, 15) is 13.2 Å². The molecule has 0 aromatic heterocycles. The van der Waals surface area contributed by atoms with Crippen LogP contribution in [0.15, 0.2) is 23.1 Å². The first kappa shape index (κ1) is 15.8. The number of aromatic carboxylic acids is 1. The minimum absolute atomic E-state index is 0.211. The molecular formula is C14H20N2O4S. The SMILES string of the molecule is CC(NS(=O)(=O)c1ccc(N)cc1C(=O)O)C1CCCC1. The van der Waals surface area contributed by atoms with E-state index in [1.165, 1.54) is 12.1 Å². The Labute approximate surface area is 124 Å². The van der Waals surface area contributed by atoms with E-state index in [0.717, 1.165) is 31.7 Å². The molecule has 1 aliphatic rings. The van der Waals surface area contributed by atoms with Gasteiger partial charge in [0.15, 0.2) is 0 Å². The van der Waals surface area contributed by atoms with Crippen LogP contribution in [-0.2, 0) is 10.0 Å². The Morgan fingerprint density at radius 1 is 1.38 bits per heavy atom. The molecule has 1 aliphatic carbocycles. The average molecular weight is 312 g/mol. The van der Waals surface area contributed by atoms with E-state index in [1.807, 2.05) is 6.92 Å². The number of carboxylic acid groups (broad SMARTS) is 1. The first-order chi connectivity index (χ1) is 9.81. The second-order valence-electron chi connectivity index (χ2n) is 5.52. The molecule has 0 amide bonds. The maximum atomic E-state index is 12.4. The van der Waals surface area contributed by atoms with E-state index in [2.05, 4.69) is 4.72 Å². The Morgan fingerprint density at radius 3 is 2.57 bits per heavy atom. The zero-order valence-electron chi connectivity index (χ0n) is 11.9. The largest absolute Gasteiger partial charge is 0.478 e. The van der Waals surface area contributed by atoms with Gasteiger partial charge in [0.1, 0.15) is 0 Å². The summed E-state index contributed by atoms with van der Waals surface area (Å²) >= 11 is 0. The molecule has 6 nitrogen and oxygen atoms in total. The van der Waals surface area contributed by atoms with Crippen molar-refractivity contribution in [1.82, 2.24) is 4.72 Å². The van der Waals surface area contributed by atoms with Crippen molar-refractivity contribution >= 4 is 21.7 Å². The van der Waals surface area contributed by atoms with Crippen molar-refractivity contribution in [3.63, 3.8) is 0 Å². The third-order valence-electron chi connectivity index (χ3n) is 3.97. The maximum absolute atomic E-state index is 12.4. The molecule has 1 unspecified atom stereocenters. The molecule has 1 aromatic carbocycles. The lowest BCUT2D eigenvalue weighted by Crippen LogP contribution is -2.37. The predicted molar refractivity (Wildman–Crippen MR) is 79.6 cm³/mol. The van der Waals surface area contributed by atoms with Crippen molar-refractivity contribution in [3.05, 3.63) is 23.8 Å². The minimum atomic E-state index is -3.88. The fraction of sp³-hybridized carbons (Fsp3) is 0.500. The second-order valence-corrected chi connectivity index (χ2v) is 7.20. The zero-order chi connectivity index (χ0) is 15.6. The molecule has 1 fully saturated rings. The van der Waals surface area contributed by atoms with Crippen molar-refractivity contribution in [2.24, 2.45) is 5.92 Å². The summed E-state index contributed by atoms with van der Waals surface area (Å²) in [6.07, 6.45) is 4.21. The van der Waals surface area contributed by atoms with Gasteiger partial charge in [-0.15, -0.1) is 0 Å². The Balaban J connectivity index is 2.29. The highest BCUT2D eigenvalue weighted by atomic mass is 32.2. The van der Waals surface area contributed by atoms with Crippen LogP contribution in [0.25, 0.3) is 0 Å². The highest BCUT2D eigenvalue weighted by molar-refractivity contribution is 7.89. The highest BCUT2D eigenvalue weighted by Gasteiger charge is 2.28.